The normalized spacial score (nSPS) is 29.7. The van der Waals surface area contributed by atoms with Crippen LogP contribution in [-0.2, 0) is 0 Å². The van der Waals surface area contributed by atoms with Crippen molar-refractivity contribution >= 4 is 28.1 Å². The predicted molar refractivity (Wildman–Crippen MR) is 58.9 cm³/mol. The molecule has 0 aliphatic heterocycles. The van der Waals surface area contributed by atoms with Gasteiger partial charge >= 0.3 is 0 Å². The highest BCUT2D eigenvalue weighted by molar-refractivity contribution is 7.19. The first-order chi connectivity index (χ1) is 6.50. The van der Waals surface area contributed by atoms with Crippen molar-refractivity contribution < 1.29 is 5.11 Å². The number of nitrogens with one attached hydrogen (secondary N) is 1. The number of aliphatic hydroxyl groups excluding tert-OH is 1. The summed E-state index contributed by atoms with van der Waals surface area (Å²) in [5, 5.41) is 13.7. The molecule has 0 aromatic carbocycles. The fourth-order valence-corrected chi connectivity index (χ4v) is 2.48. The first-order valence-electron chi connectivity index (χ1n) is 4.56. The molecule has 0 radical (unpaired) electrons. The topological polar surface area (TPSA) is 45.1 Å². The van der Waals surface area contributed by atoms with Gasteiger partial charge in [-0.25, -0.2) is 4.98 Å². The van der Waals surface area contributed by atoms with Gasteiger partial charge in [0.05, 0.1) is 12.3 Å². The Labute approximate surface area is 92.1 Å². The summed E-state index contributed by atoms with van der Waals surface area (Å²) in [7, 11) is 0. The monoisotopic (exact) mass is 232 g/mol. The Bertz CT molecular complexity index is 339. The van der Waals surface area contributed by atoms with Crippen LogP contribution in [0.2, 0.25) is 4.34 Å². The minimum Gasteiger partial charge on any atom is -0.392 e. The molecule has 1 heterocycles. The van der Waals surface area contributed by atoms with Gasteiger partial charge in [-0.2, -0.15) is 0 Å². The van der Waals surface area contributed by atoms with Crippen molar-refractivity contribution in [2.75, 3.05) is 5.32 Å². The van der Waals surface area contributed by atoms with Crippen LogP contribution in [0, 0.1) is 5.41 Å². The molecule has 1 aliphatic rings. The van der Waals surface area contributed by atoms with E-state index in [0.717, 1.165) is 11.6 Å². The van der Waals surface area contributed by atoms with Crippen molar-refractivity contribution in [3.8, 4) is 0 Å². The van der Waals surface area contributed by atoms with Gasteiger partial charge in [-0.15, -0.1) is 0 Å². The van der Waals surface area contributed by atoms with Gasteiger partial charge in [0.15, 0.2) is 5.13 Å². The Balaban J connectivity index is 2.00. The molecule has 1 saturated carbocycles. The molecule has 78 valence electrons. The molecule has 2 unspecified atom stereocenters. The second-order valence-electron chi connectivity index (χ2n) is 4.24. The van der Waals surface area contributed by atoms with Gasteiger partial charge in [0.2, 0.25) is 0 Å². The van der Waals surface area contributed by atoms with Gasteiger partial charge in [0.1, 0.15) is 4.34 Å². The lowest BCUT2D eigenvalue weighted by Gasteiger charge is -2.49. The fourth-order valence-electron chi connectivity index (χ4n) is 1.62. The summed E-state index contributed by atoms with van der Waals surface area (Å²) in [5.74, 6) is 0. The molecule has 2 atom stereocenters. The van der Waals surface area contributed by atoms with Crippen molar-refractivity contribution in [2.45, 2.75) is 32.4 Å². The summed E-state index contributed by atoms with van der Waals surface area (Å²) < 4.78 is 0.685. The van der Waals surface area contributed by atoms with E-state index in [-0.39, 0.29) is 11.5 Å². The van der Waals surface area contributed by atoms with Gasteiger partial charge in [0, 0.05) is 11.5 Å². The van der Waals surface area contributed by atoms with Crippen molar-refractivity contribution in [3.05, 3.63) is 10.5 Å². The smallest absolute Gasteiger partial charge is 0.184 e. The van der Waals surface area contributed by atoms with Crippen molar-refractivity contribution in [3.63, 3.8) is 0 Å². The van der Waals surface area contributed by atoms with Crippen molar-refractivity contribution in [1.82, 2.24) is 4.98 Å². The van der Waals surface area contributed by atoms with Crippen LogP contribution >= 0.6 is 22.9 Å². The summed E-state index contributed by atoms with van der Waals surface area (Å²) in [6, 6.07) is 0.291. The Morgan fingerprint density at radius 2 is 2.43 bits per heavy atom. The maximum Gasteiger partial charge on any atom is 0.184 e. The number of nitrogens with zero attached hydrogens (tertiary/aromatic N) is 1. The standard InChI is InChI=1S/C9H13ClN2OS/c1-9(2)5(3-6(9)13)12-8-11-4-7(10)14-8/h4-6,13H,3H2,1-2H3,(H,11,12). The average Bonchev–Trinajstić information content (AvgIpc) is 2.51. The molecule has 1 aliphatic carbocycles. The number of rotatable bonds is 2. The Morgan fingerprint density at radius 1 is 1.71 bits per heavy atom. The van der Waals surface area contributed by atoms with Crippen LogP contribution in [0.15, 0.2) is 6.20 Å². The van der Waals surface area contributed by atoms with Crippen LogP contribution in [0.5, 0.6) is 0 Å². The molecular formula is C9H13ClN2OS. The molecule has 2 rings (SSSR count). The van der Waals surface area contributed by atoms with E-state index in [1.807, 2.05) is 13.8 Å². The van der Waals surface area contributed by atoms with E-state index >= 15 is 0 Å². The van der Waals surface area contributed by atoms with Crippen LogP contribution in [0.3, 0.4) is 0 Å². The molecule has 2 N–H and O–H groups in total. The van der Waals surface area contributed by atoms with E-state index in [4.69, 9.17) is 11.6 Å². The third-order valence-corrected chi connectivity index (χ3v) is 4.04. The lowest BCUT2D eigenvalue weighted by molar-refractivity contribution is -0.0510. The Hall–Kier alpha value is -0.320. The zero-order valence-electron chi connectivity index (χ0n) is 8.12. The van der Waals surface area contributed by atoms with Crippen molar-refractivity contribution in [1.29, 1.82) is 0 Å². The van der Waals surface area contributed by atoms with Gasteiger partial charge in [-0.05, 0) is 6.42 Å². The average molecular weight is 233 g/mol. The summed E-state index contributed by atoms with van der Waals surface area (Å²) >= 11 is 7.20. The molecule has 3 nitrogen and oxygen atoms in total. The highest BCUT2D eigenvalue weighted by atomic mass is 35.5. The molecule has 5 heteroatoms. The van der Waals surface area contributed by atoms with E-state index < -0.39 is 0 Å². The third kappa shape index (κ3) is 1.62. The lowest BCUT2D eigenvalue weighted by atomic mass is 9.65. The molecule has 0 amide bonds. The highest BCUT2D eigenvalue weighted by Crippen LogP contribution is 2.42. The number of hydrogen-bond acceptors (Lipinski definition) is 4. The second-order valence-corrected chi connectivity index (χ2v) is 5.90. The Kier molecular flexibility index (Phi) is 2.45. The molecule has 1 aromatic heterocycles. The molecule has 0 bridgehead atoms. The van der Waals surface area contributed by atoms with E-state index in [0.29, 0.717) is 10.4 Å². The molecular weight excluding hydrogens is 220 g/mol. The maximum atomic E-state index is 9.55. The molecule has 0 saturated heterocycles. The van der Waals surface area contributed by atoms with Crippen LogP contribution in [-0.4, -0.2) is 22.2 Å². The summed E-state index contributed by atoms with van der Waals surface area (Å²) in [5.41, 5.74) is -0.0713. The van der Waals surface area contributed by atoms with Gasteiger partial charge in [-0.1, -0.05) is 36.8 Å². The minimum atomic E-state index is -0.213. The van der Waals surface area contributed by atoms with Gasteiger partial charge in [-0.3, -0.25) is 0 Å². The fraction of sp³-hybridized carbons (Fsp3) is 0.667. The number of thiazole rings is 1. The second kappa shape index (κ2) is 3.36. The number of aromatic nitrogens is 1. The van der Waals surface area contributed by atoms with E-state index in [1.165, 1.54) is 11.3 Å². The molecule has 14 heavy (non-hydrogen) atoms. The minimum absolute atomic E-state index is 0.0713. The Morgan fingerprint density at radius 3 is 2.86 bits per heavy atom. The zero-order chi connectivity index (χ0) is 10.3. The summed E-state index contributed by atoms with van der Waals surface area (Å²) in [6.45, 7) is 4.10. The number of aliphatic hydroxyl groups is 1. The van der Waals surface area contributed by atoms with E-state index in [2.05, 4.69) is 10.3 Å². The lowest BCUT2D eigenvalue weighted by Crippen LogP contribution is -2.56. The number of anilines is 1. The maximum absolute atomic E-state index is 9.55. The quantitative estimate of drug-likeness (QED) is 0.823. The highest BCUT2D eigenvalue weighted by Gasteiger charge is 2.47. The van der Waals surface area contributed by atoms with Crippen LogP contribution < -0.4 is 5.32 Å². The SMILES string of the molecule is CC1(C)C(O)CC1Nc1ncc(Cl)s1. The zero-order valence-corrected chi connectivity index (χ0v) is 9.69. The van der Waals surface area contributed by atoms with Crippen LogP contribution in [0.4, 0.5) is 5.13 Å². The van der Waals surface area contributed by atoms with Gasteiger partial charge < -0.3 is 10.4 Å². The summed E-state index contributed by atoms with van der Waals surface area (Å²) in [6.07, 6.45) is 2.20. The molecule has 0 spiro atoms. The first-order valence-corrected chi connectivity index (χ1v) is 5.75. The predicted octanol–water partition coefficient (Wildman–Crippen LogP) is 2.37. The molecule has 1 aromatic rings. The largest absolute Gasteiger partial charge is 0.392 e. The number of hydrogen-bond donors (Lipinski definition) is 2. The van der Waals surface area contributed by atoms with Crippen molar-refractivity contribution in [2.24, 2.45) is 5.41 Å². The van der Waals surface area contributed by atoms with E-state index in [1.54, 1.807) is 6.20 Å². The summed E-state index contributed by atoms with van der Waals surface area (Å²) in [4.78, 5) is 4.12. The third-order valence-electron chi connectivity index (χ3n) is 2.99. The first kappa shape index (κ1) is 10.2. The molecule has 1 fully saturated rings. The van der Waals surface area contributed by atoms with Crippen LogP contribution in [0.25, 0.3) is 0 Å². The van der Waals surface area contributed by atoms with Gasteiger partial charge in [0.25, 0.3) is 0 Å². The number of halogens is 1. The van der Waals surface area contributed by atoms with Crippen LogP contribution in [0.1, 0.15) is 20.3 Å². The van der Waals surface area contributed by atoms with E-state index in [9.17, 15) is 5.11 Å².